The molecule has 0 radical (unpaired) electrons. The van der Waals surface area contributed by atoms with E-state index in [1.54, 1.807) is 4.90 Å². The first-order chi connectivity index (χ1) is 15.8. The quantitative estimate of drug-likeness (QED) is 0.682. The Kier molecular flexibility index (Phi) is 4.69. The highest BCUT2D eigenvalue weighted by atomic mass is 19.4. The fourth-order valence-corrected chi connectivity index (χ4v) is 5.11. The van der Waals surface area contributed by atoms with Crippen molar-refractivity contribution in [2.24, 2.45) is 5.41 Å². The van der Waals surface area contributed by atoms with Crippen molar-refractivity contribution in [2.45, 2.75) is 56.5 Å². The minimum absolute atomic E-state index is 0.0152. The maximum Gasteiger partial charge on any atom is 0.417 e. The number of hydrogen-bond acceptors (Lipinski definition) is 5. The van der Waals surface area contributed by atoms with Crippen LogP contribution in [0.25, 0.3) is 0 Å². The molecule has 0 N–H and O–H groups in total. The summed E-state index contributed by atoms with van der Waals surface area (Å²) < 4.78 is 46.0. The third-order valence-electron chi connectivity index (χ3n) is 7.23. The number of pyridine rings is 1. The molecule has 0 bridgehead atoms. The molecule has 0 atom stereocenters. The molecule has 2 aromatic rings. The summed E-state index contributed by atoms with van der Waals surface area (Å²) in [5.41, 5.74) is -0.204. The minimum Gasteiger partial charge on any atom is -0.370 e. The molecule has 4 aliphatic rings. The Morgan fingerprint density at radius 1 is 1.15 bits per heavy atom. The summed E-state index contributed by atoms with van der Waals surface area (Å²) in [6, 6.07) is 1.45. The second-order valence-electron chi connectivity index (χ2n) is 9.98. The van der Waals surface area contributed by atoms with Crippen LogP contribution >= 0.6 is 0 Å². The zero-order valence-electron chi connectivity index (χ0n) is 18.0. The van der Waals surface area contributed by atoms with Crippen molar-refractivity contribution in [1.82, 2.24) is 29.5 Å². The van der Waals surface area contributed by atoms with Gasteiger partial charge in [0.25, 0.3) is 0 Å². The van der Waals surface area contributed by atoms with Gasteiger partial charge in [-0.1, -0.05) is 0 Å². The molecule has 8 nitrogen and oxygen atoms in total. The lowest BCUT2D eigenvalue weighted by Gasteiger charge is -2.59. The van der Waals surface area contributed by atoms with Gasteiger partial charge in [0.1, 0.15) is 6.33 Å². The molecule has 4 heterocycles. The number of likely N-dealkylation sites (tertiary alicyclic amines) is 2. The highest BCUT2D eigenvalue weighted by Gasteiger charge is 2.55. The lowest BCUT2D eigenvalue weighted by atomic mass is 9.61. The first-order valence-corrected chi connectivity index (χ1v) is 11.4. The molecular formula is C22H25F3N6O2. The molecule has 11 heteroatoms. The van der Waals surface area contributed by atoms with Gasteiger partial charge >= 0.3 is 12.2 Å². The third kappa shape index (κ3) is 3.96. The van der Waals surface area contributed by atoms with Crippen LogP contribution in [-0.2, 0) is 17.5 Å². The Hall–Kier alpha value is -2.69. The predicted octanol–water partition coefficient (Wildman–Crippen LogP) is 3.23. The highest BCUT2D eigenvalue weighted by molar-refractivity contribution is 5.76. The number of nitrogens with zero attached hydrogens (tertiary/aromatic N) is 6. The second kappa shape index (κ2) is 7.41. The second-order valence-corrected chi connectivity index (χ2v) is 9.98. The lowest BCUT2D eigenvalue weighted by Crippen LogP contribution is -2.68. The number of aromatic nitrogens is 4. The van der Waals surface area contributed by atoms with Gasteiger partial charge in [0, 0.05) is 36.8 Å². The monoisotopic (exact) mass is 462 g/mol. The highest BCUT2D eigenvalue weighted by Crippen LogP contribution is 2.54. The number of urea groups is 1. The fourth-order valence-electron chi connectivity index (χ4n) is 5.11. The Morgan fingerprint density at radius 3 is 2.61 bits per heavy atom. The Labute approximate surface area is 188 Å². The van der Waals surface area contributed by atoms with E-state index in [-0.39, 0.29) is 24.2 Å². The van der Waals surface area contributed by atoms with Gasteiger partial charge in [0.05, 0.1) is 37.4 Å². The van der Waals surface area contributed by atoms with E-state index in [0.29, 0.717) is 30.6 Å². The number of hydrogen-bond donors (Lipinski definition) is 0. The number of amides is 2. The largest absolute Gasteiger partial charge is 0.417 e. The molecule has 2 saturated heterocycles. The van der Waals surface area contributed by atoms with Gasteiger partial charge in [-0.2, -0.15) is 18.3 Å². The van der Waals surface area contributed by atoms with E-state index in [4.69, 9.17) is 4.74 Å². The molecule has 2 amide bonds. The zero-order chi connectivity index (χ0) is 22.8. The molecule has 2 aliphatic heterocycles. The van der Waals surface area contributed by atoms with Crippen LogP contribution in [0.4, 0.5) is 18.0 Å². The predicted molar refractivity (Wildman–Crippen MR) is 109 cm³/mol. The van der Waals surface area contributed by atoms with Crippen molar-refractivity contribution in [3.05, 3.63) is 41.7 Å². The molecule has 176 valence electrons. The van der Waals surface area contributed by atoms with Crippen molar-refractivity contribution >= 4 is 6.03 Å². The zero-order valence-corrected chi connectivity index (χ0v) is 18.0. The van der Waals surface area contributed by atoms with E-state index in [2.05, 4.69) is 15.1 Å². The summed E-state index contributed by atoms with van der Waals surface area (Å²) >= 11 is 0. The summed E-state index contributed by atoms with van der Waals surface area (Å²) in [5, 5.41) is 4.63. The van der Waals surface area contributed by atoms with E-state index in [0.717, 1.165) is 44.0 Å². The number of alkyl halides is 3. The number of carbonyl (C=O) groups excluding carboxylic acids is 1. The topological polar surface area (TPSA) is 76.4 Å². The molecule has 2 saturated carbocycles. The van der Waals surface area contributed by atoms with Gasteiger partial charge in [0.15, 0.2) is 5.82 Å². The number of halogens is 3. The smallest absolute Gasteiger partial charge is 0.370 e. The van der Waals surface area contributed by atoms with E-state index < -0.39 is 11.7 Å². The summed E-state index contributed by atoms with van der Waals surface area (Å²) in [4.78, 5) is 24.4. The summed E-state index contributed by atoms with van der Waals surface area (Å²) in [6.07, 6.45) is 3.88. The van der Waals surface area contributed by atoms with E-state index in [1.807, 2.05) is 15.9 Å². The van der Waals surface area contributed by atoms with E-state index in [9.17, 15) is 18.0 Å². The Balaban J connectivity index is 0.921. The number of rotatable bonds is 5. The molecule has 0 unspecified atom stereocenters. The van der Waals surface area contributed by atoms with Gasteiger partial charge in [0.2, 0.25) is 0 Å². The van der Waals surface area contributed by atoms with Crippen LogP contribution in [0.1, 0.15) is 54.6 Å². The standard InChI is InChI=1S/C22H25F3N6O2/c23-22(24,25)16-3-14(6-26-7-16)10-33-18-8-29(9-18)20(32)30-11-21(12-30)4-17(5-21)31-13-27-19(28-31)15-1-2-15/h3,6-7,13,15,17-18H,1-2,4-5,8-12H2. The van der Waals surface area contributed by atoms with Crippen LogP contribution < -0.4 is 0 Å². The van der Waals surface area contributed by atoms with Gasteiger partial charge in [-0.25, -0.2) is 14.5 Å². The Bertz CT molecular complexity index is 1050. The maximum atomic E-state index is 12.8. The summed E-state index contributed by atoms with van der Waals surface area (Å²) in [6.45, 7) is 2.50. The molecule has 0 aromatic carbocycles. The van der Waals surface area contributed by atoms with Crippen LogP contribution in [0, 0.1) is 5.41 Å². The van der Waals surface area contributed by atoms with Crippen LogP contribution in [-0.4, -0.2) is 67.9 Å². The van der Waals surface area contributed by atoms with Crippen molar-refractivity contribution in [3.63, 3.8) is 0 Å². The SMILES string of the molecule is O=C(N1CC(OCc2cncc(C(F)(F)F)c2)C1)N1CC2(CC(n3cnc(C4CC4)n3)C2)C1. The average Bonchev–Trinajstić information content (AvgIpc) is 3.42. The van der Waals surface area contributed by atoms with E-state index >= 15 is 0 Å². The average molecular weight is 462 g/mol. The Morgan fingerprint density at radius 2 is 1.91 bits per heavy atom. The number of ether oxygens (including phenoxy) is 1. The van der Waals surface area contributed by atoms with Gasteiger partial charge in [-0.05, 0) is 37.3 Å². The summed E-state index contributed by atoms with van der Waals surface area (Å²) in [5.74, 6) is 1.53. The van der Waals surface area contributed by atoms with Crippen molar-refractivity contribution in [1.29, 1.82) is 0 Å². The van der Waals surface area contributed by atoms with Crippen LogP contribution in [0.15, 0.2) is 24.8 Å². The van der Waals surface area contributed by atoms with Gasteiger partial charge in [-0.3, -0.25) is 4.98 Å². The maximum absolute atomic E-state index is 12.8. The van der Waals surface area contributed by atoms with Crippen molar-refractivity contribution in [3.8, 4) is 0 Å². The molecule has 2 aliphatic carbocycles. The molecule has 33 heavy (non-hydrogen) atoms. The number of carbonyl (C=O) groups is 1. The molecular weight excluding hydrogens is 437 g/mol. The minimum atomic E-state index is -4.42. The molecule has 6 rings (SSSR count). The lowest BCUT2D eigenvalue weighted by molar-refractivity contribution is -0.138. The van der Waals surface area contributed by atoms with Gasteiger partial charge in [-0.15, -0.1) is 0 Å². The summed E-state index contributed by atoms with van der Waals surface area (Å²) in [7, 11) is 0. The van der Waals surface area contributed by atoms with E-state index in [1.165, 1.54) is 19.0 Å². The third-order valence-corrected chi connectivity index (χ3v) is 7.23. The first kappa shape index (κ1) is 20.9. The molecule has 2 aromatic heterocycles. The molecule has 4 fully saturated rings. The van der Waals surface area contributed by atoms with Crippen LogP contribution in [0.2, 0.25) is 0 Å². The molecule has 1 spiro atoms. The fraction of sp³-hybridized carbons (Fsp3) is 0.636. The van der Waals surface area contributed by atoms with Crippen LogP contribution in [0.5, 0.6) is 0 Å². The van der Waals surface area contributed by atoms with Crippen molar-refractivity contribution in [2.75, 3.05) is 26.2 Å². The van der Waals surface area contributed by atoms with Crippen molar-refractivity contribution < 1.29 is 22.7 Å². The normalized spacial score (nSPS) is 22.8. The van der Waals surface area contributed by atoms with Gasteiger partial charge < -0.3 is 14.5 Å². The first-order valence-electron chi connectivity index (χ1n) is 11.4. The van der Waals surface area contributed by atoms with Crippen LogP contribution in [0.3, 0.4) is 0 Å².